The van der Waals surface area contributed by atoms with Crippen LogP contribution in [0.4, 0.5) is 15.8 Å². The minimum Gasteiger partial charge on any atom is -0.508 e. The molecular weight excluding hydrogens is 305 g/mol. The van der Waals surface area contributed by atoms with Crippen LogP contribution in [0, 0.1) is 5.82 Å². The Balaban J connectivity index is 1.80. The van der Waals surface area contributed by atoms with E-state index in [1.165, 1.54) is 0 Å². The number of halogens is 1. The molecule has 1 aliphatic carbocycles. The molecule has 0 atom stereocenters. The number of fused-ring (bicyclic) bond motifs is 1. The molecule has 0 spiro atoms. The molecule has 0 amide bonds. The fraction of sp³-hybridized carbons (Fsp3) is 0.368. The molecule has 1 saturated carbocycles. The summed E-state index contributed by atoms with van der Waals surface area (Å²) in [5, 5.41) is 13.2. The minimum absolute atomic E-state index is 0.0251. The lowest BCUT2D eigenvalue weighted by molar-refractivity contribution is 0.429. The number of aliphatic hydroxyl groups excluding tert-OH is 1. The van der Waals surface area contributed by atoms with Crippen LogP contribution in [0.25, 0.3) is 5.57 Å². The van der Waals surface area contributed by atoms with E-state index in [2.05, 4.69) is 28.3 Å². The largest absolute Gasteiger partial charge is 0.508 e. The van der Waals surface area contributed by atoms with E-state index in [1.54, 1.807) is 6.07 Å². The van der Waals surface area contributed by atoms with Gasteiger partial charge in [0.25, 0.3) is 0 Å². The van der Waals surface area contributed by atoms with Crippen LogP contribution >= 0.6 is 0 Å². The molecule has 24 heavy (non-hydrogen) atoms. The molecule has 0 aromatic heterocycles. The number of nitrogens with zero attached hydrogens (tertiary/aromatic N) is 2. The smallest absolute Gasteiger partial charge is 0.147 e. The van der Waals surface area contributed by atoms with Gasteiger partial charge in [0.15, 0.2) is 0 Å². The number of hydrogen-bond acceptors (Lipinski definition) is 4. The Kier molecular flexibility index (Phi) is 3.61. The highest BCUT2D eigenvalue weighted by molar-refractivity contribution is 5.92. The van der Waals surface area contributed by atoms with Crippen molar-refractivity contribution in [2.75, 3.05) is 36.0 Å². The van der Waals surface area contributed by atoms with E-state index in [0.717, 1.165) is 50.3 Å². The Morgan fingerprint density at radius 1 is 1.21 bits per heavy atom. The number of anilines is 2. The van der Waals surface area contributed by atoms with E-state index < -0.39 is 0 Å². The zero-order chi connectivity index (χ0) is 16.8. The van der Waals surface area contributed by atoms with Crippen LogP contribution in [0.15, 0.2) is 42.8 Å². The number of rotatable bonds is 3. The highest BCUT2D eigenvalue weighted by Crippen LogP contribution is 2.45. The summed E-state index contributed by atoms with van der Waals surface area (Å²) in [5.74, 6) is -0.264. The van der Waals surface area contributed by atoms with Gasteiger partial charge in [-0.15, -0.1) is 0 Å². The Bertz CT molecular complexity index is 745. The first kappa shape index (κ1) is 15.3. The number of aliphatic hydroxyl groups is 1. The first-order chi connectivity index (χ1) is 11.6. The predicted octanol–water partition coefficient (Wildman–Crippen LogP) is 3.19. The lowest BCUT2D eigenvalue weighted by Gasteiger charge is -2.34. The number of benzene rings is 1. The molecule has 1 aromatic rings. The molecule has 4 rings (SSSR count). The van der Waals surface area contributed by atoms with Gasteiger partial charge >= 0.3 is 0 Å². The Morgan fingerprint density at radius 3 is 2.54 bits per heavy atom. The molecule has 2 heterocycles. The Hall–Kier alpha value is -2.27. The van der Waals surface area contributed by atoms with Crippen LogP contribution < -0.4 is 15.1 Å². The second-order valence-electron chi connectivity index (χ2n) is 6.66. The second-order valence-corrected chi connectivity index (χ2v) is 6.66. The third-order valence-electron chi connectivity index (χ3n) is 4.97. The average Bonchev–Trinajstić information content (AvgIpc) is 3.40. The summed E-state index contributed by atoms with van der Waals surface area (Å²) in [5.41, 5.74) is 3.57. The number of piperazine rings is 1. The molecule has 0 radical (unpaired) electrons. The molecule has 2 N–H and O–H groups in total. The van der Waals surface area contributed by atoms with Crippen LogP contribution in [-0.4, -0.2) is 37.3 Å². The number of allylic oxidation sites excluding steroid dienone is 1. The monoisotopic (exact) mass is 327 g/mol. The van der Waals surface area contributed by atoms with Gasteiger partial charge in [-0.3, -0.25) is 0 Å². The van der Waals surface area contributed by atoms with Crippen molar-refractivity contribution in [3.63, 3.8) is 0 Å². The van der Waals surface area contributed by atoms with Gasteiger partial charge in [-0.05, 0) is 30.5 Å². The molecule has 1 aromatic carbocycles. The fourth-order valence-corrected chi connectivity index (χ4v) is 3.49. The topological polar surface area (TPSA) is 38.7 Å². The first-order valence-electron chi connectivity index (χ1n) is 8.43. The van der Waals surface area contributed by atoms with Crippen molar-refractivity contribution < 1.29 is 9.50 Å². The molecule has 5 heteroatoms. The van der Waals surface area contributed by atoms with Gasteiger partial charge in [0.05, 0.1) is 11.4 Å². The van der Waals surface area contributed by atoms with Gasteiger partial charge in [-0.1, -0.05) is 13.2 Å². The van der Waals surface area contributed by atoms with Gasteiger partial charge in [0, 0.05) is 49.6 Å². The van der Waals surface area contributed by atoms with Gasteiger partial charge in [0.1, 0.15) is 11.6 Å². The van der Waals surface area contributed by atoms with Gasteiger partial charge < -0.3 is 20.2 Å². The van der Waals surface area contributed by atoms with Gasteiger partial charge in [-0.25, -0.2) is 4.39 Å². The maximum absolute atomic E-state index is 14.8. The van der Waals surface area contributed by atoms with E-state index in [0.29, 0.717) is 22.9 Å². The Labute approximate surface area is 141 Å². The van der Waals surface area contributed by atoms with E-state index in [1.807, 2.05) is 12.3 Å². The summed E-state index contributed by atoms with van der Waals surface area (Å²) in [6.45, 7) is 11.0. The summed E-state index contributed by atoms with van der Waals surface area (Å²) in [6.07, 6.45) is 4.12. The van der Waals surface area contributed by atoms with Crippen LogP contribution in [0.3, 0.4) is 0 Å². The molecule has 0 bridgehead atoms. The minimum atomic E-state index is -0.239. The third kappa shape index (κ3) is 2.49. The van der Waals surface area contributed by atoms with Crippen LogP contribution in [0.1, 0.15) is 18.4 Å². The van der Waals surface area contributed by atoms with E-state index in [4.69, 9.17) is 0 Å². The predicted molar refractivity (Wildman–Crippen MR) is 95.9 cm³/mol. The summed E-state index contributed by atoms with van der Waals surface area (Å²) < 4.78 is 14.8. The van der Waals surface area contributed by atoms with E-state index >= 15 is 0 Å². The molecule has 4 nitrogen and oxygen atoms in total. The first-order valence-corrected chi connectivity index (χ1v) is 8.43. The molecule has 1 saturated heterocycles. The molecule has 3 aliphatic rings. The van der Waals surface area contributed by atoms with Crippen molar-refractivity contribution in [2.45, 2.75) is 18.9 Å². The normalized spacial score (nSPS) is 20.7. The fourth-order valence-electron chi connectivity index (χ4n) is 3.49. The molecule has 2 aliphatic heterocycles. The second kappa shape index (κ2) is 5.67. The quantitative estimate of drug-likeness (QED) is 0.837. The van der Waals surface area contributed by atoms with Crippen molar-refractivity contribution in [1.82, 2.24) is 5.32 Å². The lowest BCUT2D eigenvalue weighted by Crippen LogP contribution is -2.44. The summed E-state index contributed by atoms with van der Waals surface area (Å²) in [7, 11) is 0. The van der Waals surface area contributed by atoms with Crippen LogP contribution in [0.5, 0.6) is 0 Å². The Morgan fingerprint density at radius 2 is 1.92 bits per heavy atom. The van der Waals surface area contributed by atoms with E-state index in [9.17, 15) is 9.50 Å². The summed E-state index contributed by atoms with van der Waals surface area (Å²) in [6, 6.07) is 3.90. The zero-order valence-electron chi connectivity index (χ0n) is 13.7. The average molecular weight is 327 g/mol. The van der Waals surface area contributed by atoms with Crippen molar-refractivity contribution in [1.29, 1.82) is 0 Å². The number of hydrogen-bond donors (Lipinski definition) is 2. The van der Waals surface area contributed by atoms with Crippen molar-refractivity contribution >= 4 is 16.9 Å². The molecule has 2 fully saturated rings. The maximum atomic E-state index is 14.8. The maximum Gasteiger partial charge on any atom is 0.147 e. The lowest BCUT2D eigenvalue weighted by atomic mass is 9.92. The van der Waals surface area contributed by atoms with Crippen molar-refractivity contribution in [3.8, 4) is 0 Å². The molecular formula is C19H22FN3O. The summed E-state index contributed by atoms with van der Waals surface area (Å²) >= 11 is 0. The van der Waals surface area contributed by atoms with Gasteiger partial charge in [-0.2, -0.15) is 0 Å². The van der Waals surface area contributed by atoms with Gasteiger partial charge in [0.2, 0.25) is 0 Å². The highest BCUT2D eigenvalue weighted by atomic mass is 19.1. The van der Waals surface area contributed by atoms with Crippen LogP contribution in [-0.2, 0) is 0 Å². The highest BCUT2D eigenvalue weighted by Gasteiger charge is 2.34. The number of nitrogens with one attached hydrogen (secondary N) is 1. The van der Waals surface area contributed by atoms with Crippen molar-refractivity contribution in [3.05, 3.63) is 54.2 Å². The zero-order valence-corrected chi connectivity index (χ0v) is 13.7. The third-order valence-corrected chi connectivity index (χ3v) is 4.97. The van der Waals surface area contributed by atoms with Crippen molar-refractivity contribution in [2.24, 2.45) is 0 Å². The van der Waals surface area contributed by atoms with E-state index in [-0.39, 0.29) is 11.6 Å². The SMILES string of the molecule is C=C(O)C1=CN(C2CC2)c2cc(N3CCNCC3)c(F)cc2C1=C. The van der Waals surface area contributed by atoms with Crippen LogP contribution in [0.2, 0.25) is 0 Å². The standard InChI is InChI=1S/C19H22FN3O/c1-12-15-9-17(20)19(22-7-5-21-6-8-22)10-18(15)23(14-3-4-14)11-16(12)13(2)24/h9-11,14,21,24H,1-8H2. The summed E-state index contributed by atoms with van der Waals surface area (Å²) in [4.78, 5) is 4.23. The molecule has 0 unspecified atom stereocenters. The molecule has 126 valence electrons.